The van der Waals surface area contributed by atoms with Gasteiger partial charge in [-0.15, -0.1) is 0 Å². The van der Waals surface area contributed by atoms with Gasteiger partial charge >= 0.3 is 0 Å². The molecule has 1 unspecified atom stereocenters. The Morgan fingerprint density at radius 2 is 1.86 bits per heavy atom. The van der Waals surface area contributed by atoms with Crippen LogP contribution in [0.5, 0.6) is 0 Å². The predicted octanol–water partition coefficient (Wildman–Crippen LogP) is 2.93. The molecule has 4 fully saturated rings. The number of Topliss-reactive ketones (excluding diaryl/α,β-unsaturated/α-hetero) is 1. The fourth-order valence-corrected chi connectivity index (χ4v) is 7.13. The minimum Gasteiger partial charge on any atom is -0.393 e. The third kappa shape index (κ3) is 1.84. The highest BCUT2D eigenvalue weighted by Crippen LogP contribution is 2.65. The number of aliphatic hydroxyl groups is 2. The minimum atomic E-state index is -0.337. The largest absolute Gasteiger partial charge is 0.393 e. The van der Waals surface area contributed by atoms with E-state index >= 15 is 0 Å². The van der Waals surface area contributed by atoms with Gasteiger partial charge in [0.25, 0.3) is 0 Å². The monoisotopic (exact) mass is 306 g/mol. The Balaban J connectivity index is 1.69. The molecule has 0 radical (unpaired) electrons. The fourth-order valence-electron chi connectivity index (χ4n) is 7.13. The Labute approximate surface area is 133 Å². The van der Waals surface area contributed by atoms with Crippen molar-refractivity contribution >= 4 is 5.78 Å². The summed E-state index contributed by atoms with van der Waals surface area (Å²) in [7, 11) is 0. The molecule has 4 aliphatic rings. The molecule has 0 saturated heterocycles. The zero-order valence-corrected chi connectivity index (χ0v) is 13.9. The van der Waals surface area contributed by atoms with Crippen LogP contribution in [0.4, 0.5) is 0 Å². The van der Waals surface area contributed by atoms with Crippen molar-refractivity contribution in [2.45, 2.75) is 77.4 Å². The predicted molar refractivity (Wildman–Crippen MR) is 84.1 cm³/mol. The summed E-state index contributed by atoms with van der Waals surface area (Å²) >= 11 is 0. The van der Waals surface area contributed by atoms with Crippen LogP contribution in [0.15, 0.2) is 0 Å². The number of fused-ring (bicyclic) bond motifs is 5. The number of carbonyl (C=O) groups is 1. The van der Waals surface area contributed by atoms with Crippen LogP contribution in [0.2, 0.25) is 0 Å². The Bertz CT molecular complexity index is 489. The Kier molecular flexibility index (Phi) is 3.30. The van der Waals surface area contributed by atoms with Crippen LogP contribution < -0.4 is 0 Å². The maximum absolute atomic E-state index is 12.4. The first-order chi connectivity index (χ1) is 10.4. The van der Waals surface area contributed by atoms with Crippen LogP contribution in [-0.4, -0.2) is 28.2 Å². The van der Waals surface area contributed by atoms with E-state index in [1.165, 1.54) is 6.42 Å². The number of ketones is 1. The van der Waals surface area contributed by atoms with E-state index < -0.39 is 0 Å². The molecule has 124 valence electrons. The second kappa shape index (κ2) is 4.80. The van der Waals surface area contributed by atoms with Crippen molar-refractivity contribution in [3.8, 4) is 0 Å². The van der Waals surface area contributed by atoms with Crippen molar-refractivity contribution in [1.29, 1.82) is 0 Å². The highest BCUT2D eigenvalue weighted by molar-refractivity contribution is 5.87. The van der Waals surface area contributed by atoms with Gasteiger partial charge in [-0.25, -0.2) is 0 Å². The van der Waals surface area contributed by atoms with Gasteiger partial charge in [0.05, 0.1) is 12.2 Å². The van der Waals surface area contributed by atoms with Crippen molar-refractivity contribution in [2.24, 2.45) is 34.5 Å². The number of aliphatic hydroxyl groups excluding tert-OH is 2. The molecule has 8 atom stereocenters. The van der Waals surface area contributed by atoms with Crippen LogP contribution >= 0.6 is 0 Å². The summed E-state index contributed by atoms with van der Waals surface area (Å²) in [5.74, 6) is 2.27. The van der Waals surface area contributed by atoms with Crippen LogP contribution in [0.3, 0.4) is 0 Å². The minimum absolute atomic E-state index is 0.145. The van der Waals surface area contributed by atoms with Crippen molar-refractivity contribution in [2.75, 3.05) is 0 Å². The van der Waals surface area contributed by atoms with Gasteiger partial charge in [-0.3, -0.25) is 4.79 Å². The van der Waals surface area contributed by atoms with E-state index in [-0.39, 0.29) is 23.0 Å². The number of rotatable bonds is 0. The molecule has 0 aromatic carbocycles. The molecule has 0 spiro atoms. The van der Waals surface area contributed by atoms with Gasteiger partial charge in [0.2, 0.25) is 0 Å². The molecule has 4 rings (SSSR count). The van der Waals surface area contributed by atoms with Gasteiger partial charge in [0, 0.05) is 11.8 Å². The average Bonchev–Trinajstić information content (AvgIpc) is 2.75. The van der Waals surface area contributed by atoms with Gasteiger partial charge < -0.3 is 10.2 Å². The van der Waals surface area contributed by atoms with Crippen LogP contribution in [0.1, 0.15) is 65.2 Å². The molecule has 0 heterocycles. The summed E-state index contributed by atoms with van der Waals surface area (Å²) in [6, 6.07) is 0. The quantitative estimate of drug-likeness (QED) is 0.723. The molecular formula is C19H30O3. The van der Waals surface area contributed by atoms with Crippen LogP contribution in [0, 0.1) is 34.5 Å². The second-order valence-corrected chi connectivity index (χ2v) is 9.16. The van der Waals surface area contributed by atoms with E-state index in [2.05, 4.69) is 13.8 Å². The molecule has 3 nitrogen and oxygen atoms in total. The SMILES string of the molecule is C[C@]12C[C@H](O)C3[C@@H](CC[C@@H]4C[C@H](O)CC[C@]34C)[C@@H]1CCC2=O. The molecule has 2 N–H and O–H groups in total. The maximum atomic E-state index is 12.4. The molecule has 4 aliphatic carbocycles. The fraction of sp³-hybridized carbons (Fsp3) is 0.947. The maximum Gasteiger partial charge on any atom is 0.139 e. The number of hydrogen-bond donors (Lipinski definition) is 2. The van der Waals surface area contributed by atoms with E-state index in [0.29, 0.717) is 35.9 Å². The molecule has 0 amide bonds. The summed E-state index contributed by atoms with van der Waals surface area (Å²) in [5.41, 5.74) is -0.105. The van der Waals surface area contributed by atoms with Gasteiger partial charge in [-0.2, -0.15) is 0 Å². The zero-order chi connectivity index (χ0) is 15.7. The Morgan fingerprint density at radius 3 is 2.64 bits per heavy atom. The lowest BCUT2D eigenvalue weighted by Gasteiger charge is -2.61. The average molecular weight is 306 g/mol. The van der Waals surface area contributed by atoms with Crippen molar-refractivity contribution in [1.82, 2.24) is 0 Å². The third-order valence-corrected chi connectivity index (χ3v) is 8.28. The van der Waals surface area contributed by atoms with Crippen LogP contribution in [0.25, 0.3) is 0 Å². The van der Waals surface area contributed by atoms with E-state index in [4.69, 9.17) is 0 Å². The molecule has 0 aliphatic heterocycles. The van der Waals surface area contributed by atoms with Crippen LogP contribution in [-0.2, 0) is 4.79 Å². The van der Waals surface area contributed by atoms with Gasteiger partial charge in [0.1, 0.15) is 5.78 Å². The van der Waals surface area contributed by atoms with Gasteiger partial charge in [0.15, 0.2) is 0 Å². The first kappa shape index (κ1) is 15.1. The topological polar surface area (TPSA) is 57.5 Å². The molecule has 22 heavy (non-hydrogen) atoms. The summed E-state index contributed by atoms with van der Waals surface area (Å²) in [6.45, 7) is 4.48. The number of hydrogen-bond acceptors (Lipinski definition) is 3. The lowest BCUT2D eigenvalue weighted by atomic mass is 9.44. The Morgan fingerprint density at radius 1 is 1.09 bits per heavy atom. The summed E-state index contributed by atoms with van der Waals surface area (Å²) < 4.78 is 0. The normalized spacial score (nSPS) is 57.9. The van der Waals surface area contributed by atoms with Crippen molar-refractivity contribution in [3.63, 3.8) is 0 Å². The lowest BCUT2D eigenvalue weighted by molar-refractivity contribution is -0.175. The molecule has 3 heteroatoms. The lowest BCUT2D eigenvalue weighted by Crippen LogP contribution is -2.59. The summed E-state index contributed by atoms with van der Waals surface area (Å²) in [5, 5.41) is 21.0. The smallest absolute Gasteiger partial charge is 0.139 e. The first-order valence-electron chi connectivity index (χ1n) is 9.25. The molecule has 0 aromatic rings. The van der Waals surface area contributed by atoms with E-state index in [1.54, 1.807) is 0 Å². The molecule has 0 bridgehead atoms. The highest BCUT2D eigenvalue weighted by Gasteiger charge is 2.63. The third-order valence-electron chi connectivity index (χ3n) is 8.28. The molecular weight excluding hydrogens is 276 g/mol. The van der Waals surface area contributed by atoms with Gasteiger partial charge in [-0.1, -0.05) is 13.8 Å². The molecule has 0 aromatic heterocycles. The highest BCUT2D eigenvalue weighted by atomic mass is 16.3. The molecule has 4 saturated carbocycles. The van der Waals surface area contributed by atoms with Crippen molar-refractivity contribution < 1.29 is 15.0 Å². The number of carbonyl (C=O) groups excluding carboxylic acids is 1. The van der Waals surface area contributed by atoms with E-state index in [9.17, 15) is 15.0 Å². The summed E-state index contributed by atoms with van der Waals surface area (Å²) in [4.78, 5) is 12.4. The standard InChI is InChI=1S/C19H30O3/c1-18-8-7-12(20)9-11(18)3-4-13-14-5-6-16(22)19(14,2)10-15(21)17(13)18/h11-15,17,20-21H,3-10H2,1-2H3/t11-,12-,13+,14+,15+,17?,18+,19+/m1/s1. The summed E-state index contributed by atoms with van der Waals surface area (Å²) in [6.07, 6.45) is 7.08. The second-order valence-electron chi connectivity index (χ2n) is 9.16. The van der Waals surface area contributed by atoms with Crippen molar-refractivity contribution in [3.05, 3.63) is 0 Å². The van der Waals surface area contributed by atoms with E-state index in [1.807, 2.05) is 0 Å². The van der Waals surface area contributed by atoms with E-state index in [0.717, 1.165) is 38.5 Å². The van der Waals surface area contributed by atoms with Gasteiger partial charge in [-0.05, 0) is 74.0 Å². The first-order valence-corrected chi connectivity index (χ1v) is 9.25. The zero-order valence-electron chi connectivity index (χ0n) is 13.9. The Hall–Kier alpha value is -0.410.